The zero-order chi connectivity index (χ0) is 12.4. The van der Waals surface area contributed by atoms with Crippen LogP contribution in [0.25, 0.3) is 0 Å². The normalized spacial score (nSPS) is 12.7. The summed E-state index contributed by atoms with van der Waals surface area (Å²) in [5.74, 6) is -0.375. The highest BCUT2D eigenvalue weighted by Crippen LogP contribution is 2.28. The maximum atomic E-state index is 13.7. The molecule has 0 radical (unpaired) electrons. The Morgan fingerprint density at radius 1 is 1.47 bits per heavy atom. The van der Waals surface area contributed by atoms with Crippen LogP contribution in [0.4, 0.5) is 4.39 Å². The van der Waals surface area contributed by atoms with Crippen LogP contribution in [0.1, 0.15) is 16.5 Å². The molecule has 0 aliphatic carbocycles. The van der Waals surface area contributed by atoms with Gasteiger partial charge in [0.1, 0.15) is 5.82 Å². The fourth-order valence-electron chi connectivity index (χ4n) is 1.57. The van der Waals surface area contributed by atoms with E-state index in [-0.39, 0.29) is 16.9 Å². The predicted molar refractivity (Wildman–Crippen MR) is 74.1 cm³/mol. The molecular weight excluding hydrogens is 325 g/mol. The molecule has 1 heterocycles. The summed E-state index contributed by atoms with van der Waals surface area (Å²) in [6.07, 6.45) is 0.444. The summed E-state index contributed by atoms with van der Waals surface area (Å²) in [5, 5.41) is 2.10. The molecule has 0 aliphatic heterocycles. The summed E-state index contributed by atoms with van der Waals surface area (Å²) in [4.78, 5) is 1.02. The lowest BCUT2D eigenvalue weighted by atomic mass is 10.0. The molecule has 0 aliphatic rings. The Bertz CT molecular complexity index is 529. The zero-order valence-electron chi connectivity index (χ0n) is 8.79. The average molecular weight is 335 g/mol. The van der Waals surface area contributed by atoms with Crippen molar-refractivity contribution in [3.63, 3.8) is 0 Å². The second-order valence-electron chi connectivity index (χ2n) is 3.69. The minimum absolute atomic E-state index is 0.141. The van der Waals surface area contributed by atoms with Crippen LogP contribution in [-0.4, -0.2) is 0 Å². The number of thiophene rings is 1. The molecular formula is C12H10BrClFNS. The topological polar surface area (TPSA) is 26.0 Å². The Morgan fingerprint density at radius 3 is 2.88 bits per heavy atom. The van der Waals surface area contributed by atoms with Crippen LogP contribution in [0.15, 0.2) is 34.1 Å². The highest BCUT2D eigenvalue weighted by Gasteiger charge is 2.13. The van der Waals surface area contributed by atoms with Gasteiger partial charge in [0.2, 0.25) is 0 Å². The van der Waals surface area contributed by atoms with Crippen molar-refractivity contribution in [3.8, 4) is 0 Å². The molecule has 1 nitrogen and oxygen atoms in total. The lowest BCUT2D eigenvalue weighted by Crippen LogP contribution is -2.12. The number of benzene rings is 1. The van der Waals surface area contributed by atoms with Crippen LogP contribution in [-0.2, 0) is 6.42 Å². The third kappa shape index (κ3) is 3.07. The third-order valence-electron chi connectivity index (χ3n) is 2.42. The fraction of sp³-hybridized carbons (Fsp3) is 0.167. The highest BCUT2D eigenvalue weighted by atomic mass is 79.9. The quantitative estimate of drug-likeness (QED) is 0.876. The fourth-order valence-corrected chi connectivity index (χ4v) is 3.21. The van der Waals surface area contributed by atoms with Crippen molar-refractivity contribution in [2.75, 3.05) is 0 Å². The molecule has 1 aromatic carbocycles. The molecule has 0 saturated heterocycles. The van der Waals surface area contributed by atoms with Crippen molar-refractivity contribution in [1.82, 2.24) is 0 Å². The molecule has 1 unspecified atom stereocenters. The Morgan fingerprint density at radius 2 is 2.24 bits per heavy atom. The van der Waals surface area contributed by atoms with Crippen LogP contribution in [0.3, 0.4) is 0 Å². The van der Waals surface area contributed by atoms with Crippen LogP contribution in [0.5, 0.6) is 0 Å². The first kappa shape index (κ1) is 13.0. The van der Waals surface area contributed by atoms with Gasteiger partial charge in [-0.3, -0.25) is 0 Å². The van der Waals surface area contributed by atoms with E-state index in [1.165, 1.54) is 6.07 Å². The van der Waals surface area contributed by atoms with Gasteiger partial charge in [-0.2, -0.15) is 0 Å². The lowest BCUT2D eigenvalue weighted by molar-refractivity contribution is 0.595. The van der Waals surface area contributed by atoms with Crippen LogP contribution in [0, 0.1) is 5.82 Å². The molecule has 2 N–H and O–H groups in total. The molecule has 0 saturated carbocycles. The first-order valence-corrected chi connectivity index (χ1v) is 7.05. The Kier molecular flexibility index (Phi) is 4.20. The van der Waals surface area contributed by atoms with E-state index in [1.54, 1.807) is 23.5 Å². The van der Waals surface area contributed by atoms with E-state index in [2.05, 4.69) is 15.9 Å². The second kappa shape index (κ2) is 5.48. The predicted octanol–water partition coefficient (Wildman–Crippen LogP) is 4.55. The molecule has 0 spiro atoms. The van der Waals surface area contributed by atoms with Gasteiger partial charge in [0.05, 0.1) is 5.02 Å². The van der Waals surface area contributed by atoms with E-state index < -0.39 is 0 Å². The second-order valence-corrected chi connectivity index (χ2v) is 5.96. The van der Waals surface area contributed by atoms with Gasteiger partial charge in [-0.1, -0.05) is 23.7 Å². The van der Waals surface area contributed by atoms with Gasteiger partial charge in [0.25, 0.3) is 0 Å². The Hall–Kier alpha value is -0.420. The van der Waals surface area contributed by atoms with Gasteiger partial charge in [0.15, 0.2) is 0 Å². The van der Waals surface area contributed by atoms with Crippen molar-refractivity contribution in [2.24, 2.45) is 5.73 Å². The molecule has 2 rings (SSSR count). The molecule has 0 amide bonds. The molecule has 0 fully saturated rings. The highest BCUT2D eigenvalue weighted by molar-refractivity contribution is 9.10. The van der Waals surface area contributed by atoms with Crippen molar-refractivity contribution in [2.45, 2.75) is 12.5 Å². The third-order valence-corrected chi connectivity index (χ3v) is 4.54. The van der Waals surface area contributed by atoms with E-state index in [1.807, 2.05) is 11.4 Å². The van der Waals surface area contributed by atoms with E-state index in [0.29, 0.717) is 12.0 Å². The maximum Gasteiger partial charge on any atom is 0.145 e. The lowest BCUT2D eigenvalue weighted by Gasteiger charge is -2.10. The summed E-state index contributed by atoms with van der Waals surface area (Å²) in [6, 6.07) is 6.73. The van der Waals surface area contributed by atoms with Crippen molar-refractivity contribution < 1.29 is 4.39 Å². The van der Waals surface area contributed by atoms with E-state index in [9.17, 15) is 4.39 Å². The molecule has 0 bridgehead atoms. The van der Waals surface area contributed by atoms with Crippen molar-refractivity contribution in [1.29, 1.82) is 0 Å². The summed E-state index contributed by atoms with van der Waals surface area (Å²) < 4.78 is 14.7. The smallest absolute Gasteiger partial charge is 0.145 e. The van der Waals surface area contributed by atoms with Gasteiger partial charge < -0.3 is 5.73 Å². The summed E-state index contributed by atoms with van der Waals surface area (Å²) in [7, 11) is 0. The van der Waals surface area contributed by atoms with Crippen LogP contribution >= 0.6 is 38.9 Å². The van der Waals surface area contributed by atoms with Gasteiger partial charge in [-0.05, 0) is 40.0 Å². The average Bonchev–Trinajstić information content (AvgIpc) is 2.72. The molecule has 90 valence electrons. The van der Waals surface area contributed by atoms with Gasteiger partial charge in [-0.15, -0.1) is 11.3 Å². The molecule has 1 atom stereocenters. The molecule has 1 aromatic heterocycles. The summed E-state index contributed by atoms with van der Waals surface area (Å²) in [6.45, 7) is 0. The van der Waals surface area contributed by atoms with Gasteiger partial charge in [-0.25, -0.2) is 4.39 Å². The number of hydrogen-bond donors (Lipinski definition) is 1. The van der Waals surface area contributed by atoms with E-state index >= 15 is 0 Å². The minimum atomic E-state index is -0.375. The van der Waals surface area contributed by atoms with E-state index in [4.69, 9.17) is 17.3 Å². The monoisotopic (exact) mass is 333 g/mol. The van der Waals surface area contributed by atoms with E-state index in [0.717, 1.165) is 9.35 Å². The summed E-state index contributed by atoms with van der Waals surface area (Å²) >= 11 is 10.7. The van der Waals surface area contributed by atoms with Gasteiger partial charge >= 0.3 is 0 Å². The Labute approximate surface area is 117 Å². The SMILES string of the molecule is NC(Cc1cccc(Cl)c1F)c1cc(Br)cs1. The first-order valence-electron chi connectivity index (χ1n) is 5.00. The molecule has 17 heavy (non-hydrogen) atoms. The molecule has 2 aromatic rings. The van der Waals surface area contributed by atoms with Crippen molar-refractivity contribution in [3.05, 3.63) is 55.4 Å². The number of hydrogen-bond acceptors (Lipinski definition) is 2. The molecule has 5 heteroatoms. The largest absolute Gasteiger partial charge is 0.323 e. The zero-order valence-corrected chi connectivity index (χ0v) is 11.9. The maximum absolute atomic E-state index is 13.7. The first-order chi connectivity index (χ1) is 8.08. The van der Waals surface area contributed by atoms with Crippen LogP contribution < -0.4 is 5.73 Å². The number of halogens is 3. The van der Waals surface area contributed by atoms with Crippen molar-refractivity contribution >= 4 is 38.9 Å². The van der Waals surface area contributed by atoms with Gasteiger partial charge in [0, 0.05) is 20.8 Å². The number of nitrogens with two attached hydrogens (primary N) is 1. The standard InChI is InChI=1S/C12H10BrClFNS/c13-8-5-11(17-6-8)10(16)4-7-2-1-3-9(14)12(7)15/h1-3,5-6,10H,4,16H2. The van der Waals surface area contributed by atoms with Crippen LogP contribution in [0.2, 0.25) is 5.02 Å². The Balaban J connectivity index is 2.18. The summed E-state index contributed by atoms with van der Waals surface area (Å²) in [5.41, 5.74) is 6.59. The number of rotatable bonds is 3. The minimum Gasteiger partial charge on any atom is -0.323 e.